The smallest absolute Gasteiger partial charge is 0.242 e. The molecule has 0 saturated heterocycles. The molecule has 0 radical (unpaired) electrons. The third kappa shape index (κ3) is 6.14. The molecular weight excluding hydrogens is 416 g/mol. The van der Waals surface area contributed by atoms with Gasteiger partial charge in [0.15, 0.2) is 11.5 Å². The molecule has 3 rings (SSSR count). The van der Waals surface area contributed by atoms with E-state index < -0.39 is 6.04 Å². The molecule has 1 N–H and O–H groups in total. The summed E-state index contributed by atoms with van der Waals surface area (Å²) >= 11 is 5.99. The largest absolute Gasteiger partial charge is 0.454 e. The van der Waals surface area contributed by atoms with Crippen LogP contribution in [0.2, 0.25) is 5.02 Å². The summed E-state index contributed by atoms with van der Waals surface area (Å²) in [6.45, 7) is 6.29. The van der Waals surface area contributed by atoms with Crippen molar-refractivity contribution < 1.29 is 19.1 Å². The average molecular weight is 445 g/mol. The van der Waals surface area contributed by atoms with Crippen LogP contribution in [0.25, 0.3) is 0 Å². The summed E-state index contributed by atoms with van der Waals surface area (Å²) < 4.78 is 10.8. The molecule has 31 heavy (non-hydrogen) atoms. The Morgan fingerprint density at radius 3 is 2.45 bits per heavy atom. The van der Waals surface area contributed by atoms with Crippen LogP contribution in [0.5, 0.6) is 11.5 Å². The topological polar surface area (TPSA) is 67.9 Å². The summed E-state index contributed by atoms with van der Waals surface area (Å²) in [5.74, 6) is 1.18. The second-order valence-electron chi connectivity index (χ2n) is 7.83. The Morgan fingerprint density at radius 2 is 1.74 bits per heavy atom. The lowest BCUT2D eigenvalue weighted by atomic mass is 10.1. The Bertz CT molecular complexity index is 916. The van der Waals surface area contributed by atoms with Crippen molar-refractivity contribution in [1.29, 1.82) is 0 Å². The number of amides is 2. The molecule has 166 valence electrons. The van der Waals surface area contributed by atoms with Crippen LogP contribution >= 0.6 is 11.6 Å². The van der Waals surface area contributed by atoms with E-state index in [9.17, 15) is 9.59 Å². The molecule has 2 aromatic carbocycles. The van der Waals surface area contributed by atoms with E-state index in [1.54, 1.807) is 24.0 Å². The minimum atomic E-state index is -0.589. The molecular formula is C24H29ClN2O4. The number of carbonyl (C=O) groups is 2. The van der Waals surface area contributed by atoms with E-state index in [0.717, 1.165) is 23.3 Å². The van der Waals surface area contributed by atoms with Gasteiger partial charge in [-0.25, -0.2) is 0 Å². The standard InChI is InChI=1S/C24H29ClN2O4/c1-4-16(2)26-24(29)17(3)27(14-19-5-9-20(25)10-6-19)23(28)12-8-18-7-11-21-22(13-18)31-15-30-21/h5-7,9-11,13,16-17H,4,8,12,14-15H2,1-3H3,(H,26,29)/t16-,17-/m1/s1. The molecule has 0 fully saturated rings. The van der Waals surface area contributed by atoms with Gasteiger partial charge in [-0.05, 0) is 62.1 Å². The van der Waals surface area contributed by atoms with E-state index in [4.69, 9.17) is 21.1 Å². The summed E-state index contributed by atoms with van der Waals surface area (Å²) in [6, 6.07) is 12.5. The van der Waals surface area contributed by atoms with Crippen molar-refractivity contribution in [3.8, 4) is 11.5 Å². The SMILES string of the molecule is CC[C@@H](C)NC(=O)[C@@H](C)N(Cc1ccc(Cl)cc1)C(=O)CCc1ccc2c(c1)OCO2. The monoisotopic (exact) mass is 444 g/mol. The normalized spacial score (nSPS) is 14.1. The number of rotatable bonds is 9. The Hall–Kier alpha value is -2.73. The van der Waals surface area contributed by atoms with Crippen LogP contribution < -0.4 is 14.8 Å². The number of carbonyl (C=O) groups excluding carboxylic acids is 2. The molecule has 2 aromatic rings. The van der Waals surface area contributed by atoms with E-state index in [1.807, 2.05) is 44.2 Å². The summed E-state index contributed by atoms with van der Waals surface area (Å²) in [5.41, 5.74) is 1.91. The minimum Gasteiger partial charge on any atom is -0.454 e. The van der Waals surface area contributed by atoms with Crippen LogP contribution in [-0.2, 0) is 22.6 Å². The zero-order valence-corrected chi connectivity index (χ0v) is 18.9. The van der Waals surface area contributed by atoms with Crippen molar-refractivity contribution >= 4 is 23.4 Å². The second-order valence-corrected chi connectivity index (χ2v) is 8.27. The number of ether oxygens (including phenoxy) is 2. The predicted molar refractivity (Wildman–Crippen MR) is 120 cm³/mol. The maximum atomic E-state index is 13.2. The fourth-order valence-electron chi connectivity index (χ4n) is 3.33. The molecule has 1 aliphatic rings. The first-order chi connectivity index (χ1) is 14.9. The summed E-state index contributed by atoms with van der Waals surface area (Å²) in [7, 11) is 0. The Kier molecular flexibility index (Phi) is 7.80. The number of hydrogen-bond acceptors (Lipinski definition) is 4. The molecule has 0 saturated carbocycles. The lowest BCUT2D eigenvalue weighted by Crippen LogP contribution is -2.49. The number of benzene rings is 2. The Labute approximate surface area is 188 Å². The molecule has 0 spiro atoms. The van der Waals surface area contributed by atoms with Crippen LogP contribution in [0.3, 0.4) is 0 Å². The van der Waals surface area contributed by atoms with Crippen molar-refractivity contribution in [3.63, 3.8) is 0 Å². The van der Waals surface area contributed by atoms with Gasteiger partial charge in [0.05, 0.1) is 0 Å². The Balaban J connectivity index is 1.71. The van der Waals surface area contributed by atoms with Gasteiger partial charge < -0.3 is 19.7 Å². The summed E-state index contributed by atoms with van der Waals surface area (Å²) in [4.78, 5) is 27.6. The third-order valence-electron chi connectivity index (χ3n) is 5.50. The van der Waals surface area contributed by atoms with Gasteiger partial charge in [0.1, 0.15) is 6.04 Å². The highest BCUT2D eigenvalue weighted by molar-refractivity contribution is 6.30. The molecule has 2 atom stereocenters. The van der Waals surface area contributed by atoms with E-state index in [0.29, 0.717) is 23.7 Å². The van der Waals surface area contributed by atoms with Gasteiger partial charge in [-0.2, -0.15) is 0 Å². The first kappa shape index (κ1) is 22.9. The molecule has 0 unspecified atom stereocenters. The van der Waals surface area contributed by atoms with Gasteiger partial charge in [0.2, 0.25) is 18.6 Å². The number of nitrogens with one attached hydrogen (secondary N) is 1. The van der Waals surface area contributed by atoms with Crippen LogP contribution in [0.1, 0.15) is 44.7 Å². The molecule has 6 nitrogen and oxygen atoms in total. The lowest BCUT2D eigenvalue weighted by molar-refractivity contribution is -0.140. The first-order valence-corrected chi connectivity index (χ1v) is 11.0. The average Bonchev–Trinajstić information content (AvgIpc) is 3.24. The lowest BCUT2D eigenvalue weighted by Gasteiger charge is -2.30. The van der Waals surface area contributed by atoms with Gasteiger partial charge in [-0.1, -0.05) is 36.7 Å². The predicted octanol–water partition coefficient (Wildman–Crippen LogP) is 4.33. The van der Waals surface area contributed by atoms with Gasteiger partial charge in [0, 0.05) is 24.0 Å². The van der Waals surface area contributed by atoms with Crippen LogP contribution in [0, 0.1) is 0 Å². The maximum Gasteiger partial charge on any atom is 0.242 e. The van der Waals surface area contributed by atoms with Gasteiger partial charge in [-0.15, -0.1) is 0 Å². The van der Waals surface area contributed by atoms with E-state index in [-0.39, 0.29) is 31.1 Å². The van der Waals surface area contributed by atoms with Crippen molar-refractivity contribution in [2.75, 3.05) is 6.79 Å². The second kappa shape index (κ2) is 10.5. The van der Waals surface area contributed by atoms with E-state index in [2.05, 4.69) is 5.32 Å². The van der Waals surface area contributed by atoms with Gasteiger partial charge in [0.25, 0.3) is 0 Å². The van der Waals surface area contributed by atoms with Crippen LogP contribution in [-0.4, -0.2) is 35.6 Å². The van der Waals surface area contributed by atoms with Crippen molar-refractivity contribution in [2.45, 2.75) is 58.7 Å². The van der Waals surface area contributed by atoms with Crippen molar-refractivity contribution in [2.24, 2.45) is 0 Å². The Morgan fingerprint density at radius 1 is 1.06 bits per heavy atom. The molecule has 1 aliphatic heterocycles. The fraction of sp³-hybridized carbons (Fsp3) is 0.417. The zero-order valence-electron chi connectivity index (χ0n) is 18.2. The molecule has 0 bridgehead atoms. The van der Waals surface area contributed by atoms with Crippen LogP contribution in [0.4, 0.5) is 0 Å². The van der Waals surface area contributed by atoms with Gasteiger partial charge >= 0.3 is 0 Å². The zero-order chi connectivity index (χ0) is 22.4. The molecule has 2 amide bonds. The number of fused-ring (bicyclic) bond motifs is 1. The minimum absolute atomic E-state index is 0.0519. The summed E-state index contributed by atoms with van der Waals surface area (Å²) in [6.07, 6.45) is 1.66. The number of nitrogens with zero attached hydrogens (tertiary/aromatic N) is 1. The number of halogens is 1. The number of aryl methyl sites for hydroxylation is 1. The first-order valence-electron chi connectivity index (χ1n) is 10.6. The molecule has 0 aliphatic carbocycles. The van der Waals surface area contributed by atoms with Gasteiger partial charge in [-0.3, -0.25) is 9.59 Å². The highest BCUT2D eigenvalue weighted by Crippen LogP contribution is 2.32. The van der Waals surface area contributed by atoms with Crippen molar-refractivity contribution in [1.82, 2.24) is 10.2 Å². The highest BCUT2D eigenvalue weighted by atomic mass is 35.5. The maximum absolute atomic E-state index is 13.2. The third-order valence-corrected chi connectivity index (χ3v) is 5.75. The van der Waals surface area contributed by atoms with E-state index >= 15 is 0 Å². The fourth-order valence-corrected chi connectivity index (χ4v) is 3.45. The van der Waals surface area contributed by atoms with Crippen LogP contribution in [0.15, 0.2) is 42.5 Å². The van der Waals surface area contributed by atoms with E-state index in [1.165, 1.54) is 0 Å². The van der Waals surface area contributed by atoms with Crippen molar-refractivity contribution in [3.05, 3.63) is 58.6 Å². The quantitative estimate of drug-likeness (QED) is 0.625. The highest BCUT2D eigenvalue weighted by Gasteiger charge is 2.26. The molecule has 0 aromatic heterocycles. The summed E-state index contributed by atoms with van der Waals surface area (Å²) in [5, 5.41) is 3.61. The molecule has 7 heteroatoms. The number of hydrogen-bond donors (Lipinski definition) is 1. The molecule has 1 heterocycles.